The first kappa shape index (κ1) is 6.28. The molecule has 6 heavy (non-hydrogen) atoms. The van der Waals surface area contributed by atoms with Crippen LogP contribution in [0.4, 0.5) is 4.39 Å². The van der Waals surface area contributed by atoms with E-state index < -0.39 is 5.50 Å². The minimum absolute atomic E-state index is 0.685. The molecule has 1 atom stereocenters. The highest BCUT2D eigenvalue weighted by atomic mass is 32.2. The van der Waals surface area contributed by atoms with E-state index in [0.29, 0.717) is 0 Å². The molecule has 1 unspecified atom stereocenters. The van der Waals surface area contributed by atoms with Crippen molar-refractivity contribution in [2.45, 2.75) is 19.4 Å². The quantitative estimate of drug-likeness (QED) is 0.521. The first-order valence-electron chi connectivity index (χ1n) is 2.03. The van der Waals surface area contributed by atoms with Crippen molar-refractivity contribution in [2.24, 2.45) is 0 Å². The fourth-order valence-corrected chi connectivity index (χ4v) is 0.689. The largest absolute Gasteiger partial charge is 0.236 e. The zero-order valence-electron chi connectivity index (χ0n) is 4.07. The van der Waals surface area contributed by atoms with Crippen LogP contribution in [0.2, 0.25) is 0 Å². The molecule has 0 aliphatic carbocycles. The van der Waals surface area contributed by atoms with Gasteiger partial charge in [-0.3, -0.25) is 0 Å². The summed E-state index contributed by atoms with van der Waals surface area (Å²) in [5, 5.41) is 0. The average Bonchev–Trinajstić information content (AvgIpc) is 1.35. The van der Waals surface area contributed by atoms with Crippen LogP contribution in [-0.4, -0.2) is 11.3 Å². The summed E-state index contributed by atoms with van der Waals surface area (Å²) in [7, 11) is 0. The molecule has 0 saturated heterocycles. The first-order valence-corrected chi connectivity index (χ1v) is 3.08. The lowest BCUT2D eigenvalue weighted by molar-refractivity contribution is 0.484. The summed E-state index contributed by atoms with van der Waals surface area (Å²) in [5.74, 6) is 0.873. The van der Waals surface area contributed by atoms with E-state index in [1.807, 2.05) is 6.92 Å². The topological polar surface area (TPSA) is 0 Å². The molecule has 0 aliphatic rings. The summed E-state index contributed by atoms with van der Waals surface area (Å²) in [6.45, 7) is 3.49. The Morgan fingerprint density at radius 2 is 2.33 bits per heavy atom. The van der Waals surface area contributed by atoms with E-state index in [1.54, 1.807) is 6.92 Å². The van der Waals surface area contributed by atoms with Crippen molar-refractivity contribution in [1.29, 1.82) is 0 Å². The average molecular weight is 108 g/mol. The zero-order chi connectivity index (χ0) is 4.99. The van der Waals surface area contributed by atoms with Crippen LogP contribution < -0.4 is 0 Å². The number of alkyl halides is 1. The number of thioether (sulfide) groups is 1. The lowest BCUT2D eigenvalue weighted by Gasteiger charge is -1.92. The minimum atomic E-state index is -0.685. The molecule has 0 heterocycles. The lowest BCUT2D eigenvalue weighted by atomic mass is 10.9. The molecule has 0 radical (unpaired) electrons. The molecule has 0 aromatic rings. The third-order valence-electron chi connectivity index (χ3n) is 0.396. The van der Waals surface area contributed by atoms with Crippen molar-refractivity contribution >= 4 is 11.8 Å². The van der Waals surface area contributed by atoms with E-state index in [0.717, 1.165) is 5.75 Å². The van der Waals surface area contributed by atoms with Crippen LogP contribution in [0.1, 0.15) is 13.8 Å². The highest BCUT2D eigenvalue weighted by Crippen LogP contribution is 2.08. The third-order valence-corrected chi connectivity index (χ3v) is 1.19. The van der Waals surface area contributed by atoms with E-state index in [9.17, 15) is 4.39 Å². The van der Waals surface area contributed by atoms with Crippen LogP contribution in [0.3, 0.4) is 0 Å². The second-order valence-corrected chi connectivity index (χ2v) is 2.56. The second kappa shape index (κ2) is 3.47. The molecule has 0 spiro atoms. The van der Waals surface area contributed by atoms with E-state index >= 15 is 0 Å². The molecule has 0 rings (SSSR count). The van der Waals surface area contributed by atoms with Gasteiger partial charge in [0, 0.05) is 0 Å². The minimum Gasteiger partial charge on any atom is -0.236 e. The Labute approximate surface area is 42.1 Å². The standard InChI is InChI=1S/C4H9FS/c1-3-6-4(2)5/h4H,3H2,1-2H3. The van der Waals surface area contributed by atoms with Crippen LogP contribution in [-0.2, 0) is 0 Å². The molecule has 0 aromatic heterocycles. The van der Waals surface area contributed by atoms with Crippen molar-refractivity contribution in [3.63, 3.8) is 0 Å². The number of hydrogen-bond donors (Lipinski definition) is 0. The van der Waals surface area contributed by atoms with Gasteiger partial charge >= 0.3 is 0 Å². The Morgan fingerprint density at radius 3 is 2.33 bits per heavy atom. The van der Waals surface area contributed by atoms with Gasteiger partial charge in [-0.25, -0.2) is 4.39 Å². The van der Waals surface area contributed by atoms with Crippen molar-refractivity contribution < 1.29 is 4.39 Å². The van der Waals surface area contributed by atoms with Gasteiger partial charge in [0.05, 0.1) is 0 Å². The predicted octanol–water partition coefficient (Wildman–Crippen LogP) is 2.06. The second-order valence-electron chi connectivity index (χ2n) is 0.998. The van der Waals surface area contributed by atoms with Crippen molar-refractivity contribution in [3.8, 4) is 0 Å². The maximum Gasteiger partial charge on any atom is 0.143 e. The van der Waals surface area contributed by atoms with Crippen molar-refractivity contribution in [1.82, 2.24) is 0 Å². The molecular formula is C4H9FS. The predicted molar refractivity (Wildman–Crippen MR) is 28.7 cm³/mol. The smallest absolute Gasteiger partial charge is 0.143 e. The number of hydrogen-bond acceptors (Lipinski definition) is 1. The van der Waals surface area contributed by atoms with Gasteiger partial charge in [0.15, 0.2) is 0 Å². The van der Waals surface area contributed by atoms with Crippen LogP contribution in [0.5, 0.6) is 0 Å². The van der Waals surface area contributed by atoms with Gasteiger partial charge in [-0.15, -0.1) is 11.8 Å². The summed E-state index contributed by atoms with van der Waals surface area (Å²) in [6.07, 6.45) is 0. The molecular weight excluding hydrogens is 99.1 g/mol. The molecule has 2 heteroatoms. The highest BCUT2D eigenvalue weighted by molar-refractivity contribution is 7.99. The van der Waals surface area contributed by atoms with Crippen LogP contribution >= 0.6 is 11.8 Å². The van der Waals surface area contributed by atoms with Crippen molar-refractivity contribution in [3.05, 3.63) is 0 Å². The van der Waals surface area contributed by atoms with E-state index in [2.05, 4.69) is 0 Å². The summed E-state index contributed by atoms with van der Waals surface area (Å²) >= 11 is 1.32. The molecule has 38 valence electrons. The van der Waals surface area contributed by atoms with Gasteiger partial charge in [0.2, 0.25) is 0 Å². The molecule has 0 aromatic carbocycles. The molecule has 0 N–H and O–H groups in total. The van der Waals surface area contributed by atoms with E-state index in [-0.39, 0.29) is 0 Å². The first-order chi connectivity index (χ1) is 2.77. The monoisotopic (exact) mass is 108 g/mol. The Balaban J connectivity index is 2.63. The van der Waals surface area contributed by atoms with Gasteiger partial charge in [-0.1, -0.05) is 6.92 Å². The molecule has 0 aliphatic heterocycles. The summed E-state index contributed by atoms with van der Waals surface area (Å²) in [5.41, 5.74) is -0.685. The molecule has 0 saturated carbocycles. The maximum absolute atomic E-state index is 11.7. The van der Waals surface area contributed by atoms with Gasteiger partial charge in [-0.2, -0.15) is 0 Å². The van der Waals surface area contributed by atoms with Gasteiger partial charge in [0.25, 0.3) is 0 Å². The molecule has 0 bridgehead atoms. The Bertz CT molecular complexity index is 28.7. The number of halogens is 1. The summed E-state index contributed by atoms with van der Waals surface area (Å²) < 4.78 is 11.7. The van der Waals surface area contributed by atoms with Gasteiger partial charge < -0.3 is 0 Å². The SMILES string of the molecule is CCSC(C)F. The molecule has 0 fully saturated rings. The fraction of sp³-hybridized carbons (Fsp3) is 1.00. The third kappa shape index (κ3) is 4.28. The van der Waals surface area contributed by atoms with Gasteiger partial charge in [-0.05, 0) is 12.7 Å². The molecule has 0 amide bonds. The normalized spacial score (nSPS) is 14.5. The zero-order valence-corrected chi connectivity index (χ0v) is 4.89. The lowest BCUT2D eigenvalue weighted by Crippen LogP contribution is -1.81. The Hall–Kier alpha value is 0.280. The summed E-state index contributed by atoms with van der Waals surface area (Å²) in [6, 6.07) is 0. The highest BCUT2D eigenvalue weighted by Gasteiger charge is 1.90. The number of rotatable bonds is 2. The summed E-state index contributed by atoms with van der Waals surface area (Å²) in [4.78, 5) is 0. The van der Waals surface area contributed by atoms with E-state index in [4.69, 9.17) is 0 Å². The van der Waals surface area contributed by atoms with Crippen LogP contribution in [0.25, 0.3) is 0 Å². The Morgan fingerprint density at radius 1 is 1.83 bits per heavy atom. The maximum atomic E-state index is 11.7. The van der Waals surface area contributed by atoms with Crippen LogP contribution in [0, 0.1) is 0 Å². The Kier molecular flexibility index (Phi) is 3.63. The van der Waals surface area contributed by atoms with Crippen molar-refractivity contribution in [2.75, 3.05) is 5.75 Å². The van der Waals surface area contributed by atoms with Crippen LogP contribution in [0.15, 0.2) is 0 Å². The fourth-order valence-electron chi connectivity index (χ4n) is 0.230. The van der Waals surface area contributed by atoms with E-state index in [1.165, 1.54) is 11.8 Å². The van der Waals surface area contributed by atoms with Gasteiger partial charge in [0.1, 0.15) is 5.50 Å². The molecule has 0 nitrogen and oxygen atoms in total.